The predicted octanol–water partition coefficient (Wildman–Crippen LogP) is 3.75. The molecular formula is C9H9Cl2F4N. The third-order valence-corrected chi connectivity index (χ3v) is 2.22. The summed E-state index contributed by atoms with van der Waals surface area (Å²) in [5.41, 5.74) is 4.35. The molecule has 0 radical (unpaired) electrons. The third kappa shape index (κ3) is 3.50. The lowest BCUT2D eigenvalue weighted by Gasteiger charge is -2.13. The minimum absolute atomic E-state index is 0. The van der Waals surface area contributed by atoms with Crippen molar-refractivity contribution < 1.29 is 17.6 Å². The molecule has 0 bridgehead atoms. The van der Waals surface area contributed by atoms with Gasteiger partial charge in [0.1, 0.15) is 6.67 Å². The van der Waals surface area contributed by atoms with E-state index in [-0.39, 0.29) is 18.0 Å². The average molecular weight is 278 g/mol. The number of benzene rings is 1. The maximum absolute atomic E-state index is 12.4. The molecule has 7 heteroatoms. The van der Waals surface area contributed by atoms with Crippen LogP contribution >= 0.6 is 24.0 Å². The predicted molar refractivity (Wildman–Crippen MR) is 56.6 cm³/mol. The fraction of sp³-hybridized carbons (Fsp3) is 0.333. The number of rotatable bonds is 2. The van der Waals surface area contributed by atoms with Crippen LogP contribution in [-0.2, 0) is 6.18 Å². The third-order valence-electron chi connectivity index (χ3n) is 1.89. The first-order valence-corrected chi connectivity index (χ1v) is 4.42. The molecule has 0 aliphatic rings. The van der Waals surface area contributed by atoms with Crippen LogP contribution in [0.4, 0.5) is 17.6 Å². The molecule has 0 aromatic heterocycles. The lowest BCUT2D eigenvalue weighted by molar-refractivity contribution is -0.137. The van der Waals surface area contributed by atoms with Gasteiger partial charge in [0.05, 0.1) is 16.6 Å². The summed E-state index contributed by atoms with van der Waals surface area (Å²) in [7, 11) is 0. The molecule has 0 spiro atoms. The summed E-state index contributed by atoms with van der Waals surface area (Å²) in [5, 5.41) is -0.419. The van der Waals surface area contributed by atoms with E-state index in [0.717, 1.165) is 12.1 Å². The second kappa shape index (κ2) is 5.70. The Morgan fingerprint density at radius 3 is 2.31 bits per heavy atom. The number of halogens is 6. The Morgan fingerprint density at radius 2 is 1.88 bits per heavy atom. The first-order chi connectivity index (χ1) is 6.86. The second-order valence-electron chi connectivity index (χ2n) is 3.00. The Balaban J connectivity index is 0.00000225. The highest BCUT2D eigenvalue weighted by Gasteiger charge is 2.33. The Kier molecular flexibility index (Phi) is 5.52. The van der Waals surface area contributed by atoms with E-state index in [1.807, 2.05) is 0 Å². The molecule has 0 fully saturated rings. The van der Waals surface area contributed by atoms with E-state index < -0.39 is 29.5 Å². The molecular weight excluding hydrogens is 269 g/mol. The Hall–Kier alpha value is -0.520. The van der Waals surface area contributed by atoms with Crippen molar-refractivity contribution in [2.75, 3.05) is 6.67 Å². The summed E-state index contributed by atoms with van der Waals surface area (Å²) in [4.78, 5) is 0. The van der Waals surface area contributed by atoms with E-state index in [4.69, 9.17) is 17.3 Å². The van der Waals surface area contributed by atoms with Gasteiger partial charge in [0.25, 0.3) is 0 Å². The zero-order valence-electron chi connectivity index (χ0n) is 7.89. The highest BCUT2D eigenvalue weighted by molar-refractivity contribution is 6.31. The van der Waals surface area contributed by atoms with Crippen molar-refractivity contribution in [2.24, 2.45) is 5.73 Å². The van der Waals surface area contributed by atoms with Crippen LogP contribution in [0.5, 0.6) is 0 Å². The van der Waals surface area contributed by atoms with Crippen molar-refractivity contribution in [3.63, 3.8) is 0 Å². The van der Waals surface area contributed by atoms with Crippen LogP contribution in [0.2, 0.25) is 5.02 Å². The molecule has 0 saturated heterocycles. The number of hydrogen-bond acceptors (Lipinski definition) is 1. The van der Waals surface area contributed by atoms with Crippen LogP contribution in [0.1, 0.15) is 17.2 Å². The molecule has 0 aliphatic heterocycles. The van der Waals surface area contributed by atoms with Gasteiger partial charge in [-0.05, 0) is 17.7 Å². The monoisotopic (exact) mass is 277 g/mol. The number of nitrogens with two attached hydrogens (primary N) is 1. The van der Waals surface area contributed by atoms with Gasteiger partial charge >= 0.3 is 6.18 Å². The van der Waals surface area contributed by atoms with E-state index in [2.05, 4.69) is 0 Å². The second-order valence-corrected chi connectivity index (χ2v) is 3.41. The maximum Gasteiger partial charge on any atom is 0.417 e. The lowest BCUT2D eigenvalue weighted by atomic mass is 10.1. The highest BCUT2D eigenvalue weighted by atomic mass is 35.5. The minimum Gasteiger partial charge on any atom is -0.322 e. The van der Waals surface area contributed by atoms with Gasteiger partial charge in [-0.15, -0.1) is 12.4 Å². The van der Waals surface area contributed by atoms with E-state index >= 15 is 0 Å². The number of alkyl halides is 4. The molecule has 2 N–H and O–H groups in total. The van der Waals surface area contributed by atoms with E-state index in [1.54, 1.807) is 0 Å². The summed E-state index contributed by atoms with van der Waals surface area (Å²) in [6.07, 6.45) is -4.55. The summed E-state index contributed by atoms with van der Waals surface area (Å²) in [5.74, 6) is 0. The quantitative estimate of drug-likeness (QED) is 0.819. The Labute approximate surface area is 101 Å². The van der Waals surface area contributed by atoms with Crippen LogP contribution in [0.25, 0.3) is 0 Å². The van der Waals surface area contributed by atoms with Crippen LogP contribution < -0.4 is 5.73 Å². The van der Waals surface area contributed by atoms with E-state index in [1.165, 1.54) is 6.07 Å². The van der Waals surface area contributed by atoms with Crippen molar-refractivity contribution in [3.05, 3.63) is 34.3 Å². The zero-order valence-corrected chi connectivity index (χ0v) is 9.46. The van der Waals surface area contributed by atoms with Crippen LogP contribution in [0.3, 0.4) is 0 Å². The molecule has 0 amide bonds. The maximum atomic E-state index is 12.4. The normalized spacial score (nSPS) is 13.1. The van der Waals surface area contributed by atoms with E-state index in [9.17, 15) is 17.6 Å². The summed E-state index contributed by atoms with van der Waals surface area (Å²) in [6, 6.07) is 2.06. The zero-order chi connectivity index (χ0) is 11.6. The van der Waals surface area contributed by atoms with Gasteiger partial charge in [-0.1, -0.05) is 17.7 Å². The summed E-state index contributed by atoms with van der Waals surface area (Å²) in [6.45, 7) is -0.918. The fourth-order valence-corrected chi connectivity index (χ4v) is 1.30. The Bertz CT molecular complexity index is 354. The molecule has 0 aliphatic carbocycles. The molecule has 0 heterocycles. The SMILES string of the molecule is Cl.N[C@H](CF)c1ccc(Cl)c(C(F)(F)F)c1. The van der Waals surface area contributed by atoms with Crippen molar-refractivity contribution in [1.82, 2.24) is 0 Å². The first kappa shape index (κ1) is 15.5. The average Bonchev–Trinajstić information content (AvgIpc) is 2.15. The first-order valence-electron chi connectivity index (χ1n) is 4.04. The van der Waals surface area contributed by atoms with E-state index in [0.29, 0.717) is 0 Å². The minimum atomic E-state index is -4.55. The molecule has 1 aromatic rings. The standard InChI is InChI=1S/C9H8ClF4N.ClH/c10-7-2-1-5(8(15)4-11)3-6(7)9(12,13)14;/h1-3,8H,4,15H2;1H/t8-;/m1./s1. The smallest absolute Gasteiger partial charge is 0.322 e. The van der Waals surface area contributed by atoms with Gasteiger partial charge in [-0.2, -0.15) is 13.2 Å². The van der Waals surface area contributed by atoms with Crippen molar-refractivity contribution >= 4 is 24.0 Å². The molecule has 0 saturated carbocycles. The van der Waals surface area contributed by atoms with Crippen molar-refractivity contribution in [2.45, 2.75) is 12.2 Å². The van der Waals surface area contributed by atoms with Gasteiger partial charge in [-0.25, -0.2) is 4.39 Å². The fourth-order valence-electron chi connectivity index (χ4n) is 1.08. The van der Waals surface area contributed by atoms with Gasteiger partial charge in [0, 0.05) is 0 Å². The highest BCUT2D eigenvalue weighted by Crippen LogP contribution is 2.35. The number of hydrogen-bond donors (Lipinski definition) is 1. The van der Waals surface area contributed by atoms with Gasteiger partial charge in [0.2, 0.25) is 0 Å². The Morgan fingerprint density at radius 1 is 1.31 bits per heavy atom. The van der Waals surface area contributed by atoms with Crippen LogP contribution in [-0.4, -0.2) is 6.67 Å². The van der Waals surface area contributed by atoms with Crippen LogP contribution in [0, 0.1) is 0 Å². The van der Waals surface area contributed by atoms with Gasteiger partial charge in [0.15, 0.2) is 0 Å². The molecule has 1 atom stereocenters. The molecule has 1 aromatic carbocycles. The summed E-state index contributed by atoms with van der Waals surface area (Å²) >= 11 is 5.37. The molecule has 16 heavy (non-hydrogen) atoms. The summed E-state index contributed by atoms with van der Waals surface area (Å²) < 4.78 is 49.3. The van der Waals surface area contributed by atoms with Gasteiger partial charge in [-0.3, -0.25) is 0 Å². The van der Waals surface area contributed by atoms with Crippen LogP contribution in [0.15, 0.2) is 18.2 Å². The van der Waals surface area contributed by atoms with Gasteiger partial charge < -0.3 is 5.73 Å². The molecule has 1 rings (SSSR count). The lowest BCUT2D eigenvalue weighted by Crippen LogP contribution is -2.14. The largest absolute Gasteiger partial charge is 0.417 e. The molecule has 1 nitrogen and oxygen atoms in total. The van der Waals surface area contributed by atoms with Crippen molar-refractivity contribution in [3.8, 4) is 0 Å². The topological polar surface area (TPSA) is 26.0 Å². The van der Waals surface area contributed by atoms with Crippen molar-refractivity contribution in [1.29, 1.82) is 0 Å². The molecule has 92 valence electrons. The molecule has 0 unspecified atom stereocenters.